The molecular formula is C8H15N3O. The Morgan fingerprint density at radius 2 is 2.58 bits per heavy atom. The number of H-pyrrole nitrogens is 1. The van der Waals surface area contributed by atoms with E-state index in [0.29, 0.717) is 0 Å². The quantitative estimate of drug-likeness (QED) is 0.611. The summed E-state index contributed by atoms with van der Waals surface area (Å²) in [5.41, 5.74) is 0. The zero-order valence-electron chi connectivity index (χ0n) is 7.34. The van der Waals surface area contributed by atoms with Gasteiger partial charge in [0.15, 0.2) is 0 Å². The molecule has 2 N–H and O–H groups in total. The number of ether oxygens (including phenoxy) is 1. The van der Waals surface area contributed by atoms with Gasteiger partial charge in [0.05, 0.1) is 13.2 Å². The van der Waals surface area contributed by atoms with Crippen molar-refractivity contribution in [3.05, 3.63) is 18.2 Å². The maximum absolute atomic E-state index is 5.16. The van der Waals surface area contributed by atoms with E-state index in [0.717, 1.165) is 32.1 Å². The molecule has 0 aromatic carbocycles. The van der Waals surface area contributed by atoms with Crippen molar-refractivity contribution < 1.29 is 4.74 Å². The summed E-state index contributed by atoms with van der Waals surface area (Å²) in [6, 6.07) is 0. The van der Waals surface area contributed by atoms with Crippen molar-refractivity contribution in [3.63, 3.8) is 0 Å². The van der Waals surface area contributed by atoms with Crippen LogP contribution < -0.4 is 5.32 Å². The smallest absolute Gasteiger partial charge is 0.120 e. The molecule has 1 aromatic heterocycles. The molecule has 0 bridgehead atoms. The van der Waals surface area contributed by atoms with Crippen molar-refractivity contribution >= 4 is 0 Å². The Hall–Kier alpha value is -0.870. The molecule has 0 atom stereocenters. The number of rotatable bonds is 6. The van der Waals surface area contributed by atoms with Gasteiger partial charge >= 0.3 is 0 Å². The number of nitrogens with zero attached hydrogens (tertiary/aromatic N) is 1. The minimum Gasteiger partial charge on any atom is -0.380 e. The summed E-state index contributed by atoms with van der Waals surface area (Å²) in [7, 11) is 0. The van der Waals surface area contributed by atoms with E-state index in [1.165, 1.54) is 0 Å². The maximum atomic E-state index is 5.16. The van der Waals surface area contributed by atoms with Crippen LogP contribution in [0.4, 0.5) is 0 Å². The monoisotopic (exact) mass is 169 g/mol. The normalized spacial score (nSPS) is 10.4. The summed E-state index contributed by atoms with van der Waals surface area (Å²) in [5.74, 6) is 0.964. The summed E-state index contributed by atoms with van der Waals surface area (Å²) in [5, 5.41) is 3.20. The fourth-order valence-corrected chi connectivity index (χ4v) is 0.890. The summed E-state index contributed by atoms with van der Waals surface area (Å²) in [4.78, 5) is 7.09. The Kier molecular flexibility index (Phi) is 4.41. The summed E-state index contributed by atoms with van der Waals surface area (Å²) in [6.07, 6.45) is 3.57. The highest BCUT2D eigenvalue weighted by molar-refractivity contribution is 4.85. The minimum atomic E-state index is 0.761. The third kappa shape index (κ3) is 3.50. The van der Waals surface area contributed by atoms with Gasteiger partial charge in [-0.3, -0.25) is 0 Å². The molecule has 0 unspecified atom stereocenters. The SMILES string of the molecule is CCOCCNCc1ncc[nH]1. The fourth-order valence-electron chi connectivity index (χ4n) is 0.890. The molecule has 0 saturated carbocycles. The predicted molar refractivity (Wildman–Crippen MR) is 46.8 cm³/mol. The molecule has 1 rings (SSSR count). The first kappa shape index (κ1) is 9.22. The highest BCUT2D eigenvalue weighted by Gasteiger charge is 1.91. The van der Waals surface area contributed by atoms with E-state index in [9.17, 15) is 0 Å². The largest absolute Gasteiger partial charge is 0.380 e. The zero-order chi connectivity index (χ0) is 8.65. The first-order chi connectivity index (χ1) is 5.93. The lowest BCUT2D eigenvalue weighted by atomic mass is 10.5. The summed E-state index contributed by atoms with van der Waals surface area (Å²) in [6.45, 7) is 5.18. The molecule has 68 valence electrons. The fraction of sp³-hybridized carbons (Fsp3) is 0.625. The van der Waals surface area contributed by atoms with Gasteiger partial charge in [-0.15, -0.1) is 0 Å². The van der Waals surface area contributed by atoms with Gasteiger partial charge in [0.25, 0.3) is 0 Å². The molecule has 4 nitrogen and oxygen atoms in total. The van der Waals surface area contributed by atoms with Gasteiger partial charge in [-0.05, 0) is 6.92 Å². The lowest BCUT2D eigenvalue weighted by molar-refractivity contribution is 0.149. The topological polar surface area (TPSA) is 49.9 Å². The van der Waals surface area contributed by atoms with Crippen LogP contribution in [-0.4, -0.2) is 29.7 Å². The molecular weight excluding hydrogens is 154 g/mol. The van der Waals surface area contributed by atoms with Crippen LogP contribution in [-0.2, 0) is 11.3 Å². The van der Waals surface area contributed by atoms with Gasteiger partial charge in [-0.2, -0.15) is 0 Å². The first-order valence-corrected chi connectivity index (χ1v) is 4.20. The van der Waals surface area contributed by atoms with E-state index < -0.39 is 0 Å². The number of hydrogen-bond acceptors (Lipinski definition) is 3. The molecule has 0 saturated heterocycles. The Morgan fingerprint density at radius 3 is 3.25 bits per heavy atom. The maximum Gasteiger partial charge on any atom is 0.120 e. The van der Waals surface area contributed by atoms with Gasteiger partial charge in [-0.25, -0.2) is 4.98 Å². The minimum absolute atomic E-state index is 0.761. The third-order valence-corrected chi connectivity index (χ3v) is 1.47. The first-order valence-electron chi connectivity index (χ1n) is 4.20. The molecule has 0 fully saturated rings. The van der Waals surface area contributed by atoms with Gasteiger partial charge in [-0.1, -0.05) is 0 Å². The number of nitrogens with one attached hydrogen (secondary N) is 2. The Morgan fingerprint density at radius 1 is 1.67 bits per heavy atom. The Balaban J connectivity index is 1.96. The molecule has 0 aliphatic carbocycles. The molecule has 1 heterocycles. The lowest BCUT2D eigenvalue weighted by Crippen LogP contribution is -2.19. The van der Waals surface area contributed by atoms with Crippen molar-refractivity contribution in [2.75, 3.05) is 19.8 Å². The molecule has 0 aliphatic heterocycles. The Labute approximate surface area is 72.3 Å². The van der Waals surface area contributed by atoms with Gasteiger partial charge in [0.2, 0.25) is 0 Å². The van der Waals surface area contributed by atoms with E-state index >= 15 is 0 Å². The van der Waals surface area contributed by atoms with E-state index in [4.69, 9.17) is 4.74 Å². The zero-order valence-corrected chi connectivity index (χ0v) is 7.34. The van der Waals surface area contributed by atoms with Crippen molar-refractivity contribution in [2.24, 2.45) is 0 Å². The van der Waals surface area contributed by atoms with Crippen molar-refractivity contribution in [3.8, 4) is 0 Å². The van der Waals surface area contributed by atoms with Crippen LogP contribution in [0.3, 0.4) is 0 Å². The van der Waals surface area contributed by atoms with Gasteiger partial charge < -0.3 is 15.0 Å². The predicted octanol–water partition coefficient (Wildman–Crippen LogP) is 0.536. The number of aromatic amines is 1. The van der Waals surface area contributed by atoms with Crippen LogP contribution in [0.15, 0.2) is 12.4 Å². The van der Waals surface area contributed by atoms with E-state index in [1.807, 2.05) is 13.1 Å². The highest BCUT2D eigenvalue weighted by atomic mass is 16.5. The van der Waals surface area contributed by atoms with E-state index in [1.54, 1.807) is 6.20 Å². The van der Waals surface area contributed by atoms with Crippen LogP contribution >= 0.6 is 0 Å². The molecule has 0 radical (unpaired) electrons. The number of aromatic nitrogens is 2. The van der Waals surface area contributed by atoms with Crippen LogP contribution in [0.2, 0.25) is 0 Å². The van der Waals surface area contributed by atoms with Gasteiger partial charge in [0.1, 0.15) is 5.82 Å². The standard InChI is InChI=1S/C8H15N3O/c1-2-12-6-5-9-7-8-10-3-4-11-8/h3-4,9H,2,5-7H2,1H3,(H,10,11). The van der Waals surface area contributed by atoms with Crippen LogP contribution in [0.5, 0.6) is 0 Å². The number of imidazole rings is 1. The molecule has 0 aliphatic rings. The average Bonchev–Trinajstić information content (AvgIpc) is 2.57. The average molecular weight is 169 g/mol. The number of hydrogen-bond donors (Lipinski definition) is 2. The van der Waals surface area contributed by atoms with Crippen LogP contribution in [0, 0.1) is 0 Å². The second-order valence-electron chi connectivity index (χ2n) is 2.41. The van der Waals surface area contributed by atoms with Crippen LogP contribution in [0.1, 0.15) is 12.7 Å². The van der Waals surface area contributed by atoms with Crippen molar-refractivity contribution in [1.82, 2.24) is 15.3 Å². The van der Waals surface area contributed by atoms with E-state index in [2.05, 4.69) is 15.3 Å². The third-order valence-electron chi connectivity index (χ3n) is 1.47. The molecule has 12 heavy (non-hydrogen) atoms. The molecule has 0 spiro atoms. The molecule has 4 heteroatoms. The molecule has 1 aromatic rings. The summed E-state index contributed by atoms with van der Waals surface area (Å²) < 4.78 is 5.16. The lowest BCUT2D eigenvalue weighted by Gasteiger charge is -2.01. The molecule has 0 amide bonds. The van der Waals surface area contributed by atoms with Crippen molar-refractivity contribution in [1.29, 1.82) is 0 Å². The van der Waals surface area contributed by atoms with Gasteiger partial charge in [0, 0.05) is 25.5 Å². The Bertz CT molecular complexity index is 186. The second kappa shape index (κ2) is 5.74. The van der Waals surface area contributed by atoms with Crippen molar-refractivity contribution in [2.45, 2.75) is 13.5 Å². The van der Waals surface area contributed by atoms with E-state index in [-0.39, 0.29) is 0 Å². The second-order valence-corrected chi connectivity index (χ2v) is 2.41. The summed E-state index contributed by atoms with van der Waals surface area (Å²) >= 11 is 0. The highest BCUT2D eigenvalue weighted by Crippen LogP contribution is 1.85. The van der Waals surface area contributed by atoms with Crippen LogP contribution in [0.25, 0.3) is 0 Å².